The lowest BCUT2D eigenvalue weighted by Gasteiger charge is -2.20. The van der Waals surface area contributed by atoms with Crippen molar-refractivity contribution in [1.29, 1.82) is 0 Å². The Morgan fingerprint density at radius 2 is 1.96 bits per heavy atom. The zero-order valence-corrected chi connectivity index (χ0v) is 15.1. The first-order valence-electron chi connectivity index (χ1n) is 7.94. The molecule has 25 heavy (non-hydrogen) atoms. The van der Waals surface area contributed by atoms with Crippen LogP contribution in [-0.2, 0) is 24.3 Å². The van der Waals surface area contributed by atoms with Crippen LogP contribution in [0.15, 0.2) is 29.2 Å². The normalized spacial score (nSPS) is 32.3. The van der Waals surface area contributed by atoms with Gasteiger partial charge in [0.15, 0.2) is 5.79 Å². The van der Waals surface area contributed by atoms with Crippen LogP contribution in [0.5, 0.6) is 0 Å². The number of sulfonamides is 1. The zero-order valence-electron chi connectivity index (χ0n) is 14.2. The van der Waals surface area contributed by atoms with Gasteiger partial charge in [-0.15, -0.1) is 0 Å². The predicted octanol–water partition coefficient (Wildman–Crippen LogP) is -0.266. The van der Waals surface area contributed by atoms with E-state index in [4.69, 9.17) is 15.2 Å². The van der Waals surface area contributed by atoms with Crippen LogP contribution >= 0.6 is 0 Å². The van der Waals surface area contributed by atoms with Gasteiger partial charge in [0.2, 0.25) is 15.9 Å². The van der Waals surface area contributed by atoms with Crippen molar-refractivity contribution in [1.82, 2.24) is 4.31 Å². The summed E-state index contributed by atoms with van der Waals surface area (Å²) < 4.78 is 37.5. The van der Waals surface area contributed by atoms with Gasteiger partial charge < -0.3 is 20.3 Å². The van der Waals surface area contributed by atoms with Crippen molar-refractivity contribution in [3.05, 3.63) is 29.8 Å². The minimum Gasteiger partial charge on any atom is -0.389 e. The third kappa shape index (κ3) is 3.30. The molecule has 1 aromatic carbocycles. The summed E-state index contributed by atoms with van der Waals surface area (Å²) in [5.41, 5.74) is 6.25. The summed E-state index contributed by atoms with van der Waals surface area (Å²) in [6, 6.07) is 4.18. The van der Waals surface area contributed by atoms with E-state index >= 15 is 0 Å². The average molecular weight is 370 g/mol. The predicted molar refractivity (Wildman–Crippen MR) is 87.9 cm³/mol. The first kappa shape index (κ1) is 18.3. The molecule has 0 aromatic heterocycles. The van der Waals surface area contributed by atoms with Gasteiger partial charge in [-0.3, -0.25) is 4.79 Å². The number of nitrogens with zero attached hydrogens (tertiary/aromatic N) is 1. The molecule has 2 aliphatic rings. The van der Waals surface area contributed by atoms with Crippen molar-refractivity contribution in [2.45, 2.75) is 55.7 Å². The number of amides is 1. The highest BCUT2D eigenvalue weighted by Gasteiger charge is 2.64. The molecular formula is C16H22N2O6S. The molecule has 2 aliphatic heterocycles. The number of hydrogen-bond acceptors (Lipinski definition) is 6. The van der Waals surface area contributed by atoms with E-state index < -0.39 is 46.0 Å². The molecule has 1 aromatic rings. The van der Waals surface area contributed by atoms with E-state index in [1.165, 1.54) is 12.1 Å². The van der Waals surface area contributed by atoms with E-state index in [2.05, 4.69) is 0 Å². The number of hydrogen-bond donors (Lipinski definition) is 2. The highest BCUT2D eigenvalue weighted by Crippen LogP contribution is 2.40. The highest BCUT2D eigenvalue weighted by atomic mass is 32.2. The Hall–Kier alpha value is -1.52. The molecule has 1 unspecified atom stereocenters. The maximum absolute atomic E-state index is 12.8. The third-order valence-corrected chi connectivity index (χ3v) is 6.34. The lowest BCUT2D eigenvalue weighted by Crippen LogP contribution is -2.38. The SMILES string of the molecule is Cc1ccc(S(=O)(=O)N2[C@@H]([C@H](O)[C@H]3COC(C)(C)O3)[C@@H]2C(N)=O)cc1. The van der Waals surface area contributed by atoms with Crippen molar-refractivity contribution in [3.63, 3.8) is 0 Å². The molecule has 0 spiro atoms. The Morgan fingerprint density at radius 3 is 2.44 bits per heavy atom. The van der Waals surface area contributed by atoms with Crippen molar-refractivity contribution in [2.24, 2.45) is 5.73 Å². The van der Waals surface area contributed by atoms with Gasteiger partial charge in [0.25, 0.3) is 0 Å². The summed E-state index contributed by atoms with van der Waals surface area (Å²) in [5, 5.41) is 10.5. The topological polar surface area (TPSA) is 119 Å². The van der Waals surface area contributed by atoms with E-state index in [-0.39, 0.29) is 11.5 Å². The fourth-order valence-corrected chi connectivity index (χ4v) is 4.86. The Morgan fingerprint density at radius 1 is 1.36 bits per heavy atom. The van der Waals surface area contributed by atoms with E-state index in [9.17, 15) is 18.3 Å². The molecule has 2 saturated heterocycles. The van der Waals surface area contributed by atoms with Crippen LogP contribution in [-0.4, -0.2) is 60.4 Å². The van der Waals surface area contributed by atoms with E-state index in [1.54, 1.807) is 26.0 Å². The lowest BCUT2D eigenvalue weighted by atomic mass is 10.1. The standard InChI is InChI=1S/C16H22N2O6S/c1-9-4-6-10(7-5-9)25(21,22)18-12(13(18)15(17)20)14(19)11-8-23-16(2,3)24-11/h4-7,11-14,19H,8H2,1-3H3,(H2,17,20)/t11-,12-,13-,14-,18?/m1/s1. The fraction of sp³-hybridized carbons (Fsp3) is 0.562. The zero-order chi connectivity index (χ0) is 18.6. The van der Waals surface area contributed by atoms with Crippen LogP contribution in [0.25, 0.3) is 0 Å². The number of carbonyl (C=O) groups is 1. The van der Waals surface area contributed by atoms with E-state index in [1.807, 2.05) is 6.92 Å². The van der Waals surface area contributed by atoms with Gasteiger partial charge >= 0.3 is 0 Å². The molecule has 2 fully saturated rings. The van der Waals surface area contributed by atoms with Gasteiger partial charge in [-0.1, -0.05) is 17.7 Å². The highest BCUT2D eigenvalue weighted by molar-refractivity contribution is 7.89. The van der Waals surface area contributed by atoms with Crippen molar-refractivity contribution in [3.8, 4) is 0 Å². The van der Waals surface area contributed by atoms with Crippen LogP contribution in [0.1, 0.15) is 19.4 Å². The largest absolute Gasteiger partial charge is 0.389 e. The second kappa shape index (κ2) is 6.03. The van der Waals surface area contributed by atoms with Crippen molar-refractivity contribution < 1.29 is 27.8 Å². The number of carbonyl (C=O) groups excluding carboxylic acids is 1. The molecule has 3 rings (SSSR count). The quantitative estimate of drug-likeness (QED) is 0.689. The monoisotopic (exact) mass is 370 g/mol. The molecule has 0 aliphatic carbocycles. The van der Waals surface area contributed by atoms with Crippen LogP contribution in [0, 0.1) is 6.92 Å². The lowest BCUT2D eigenvalue weighted by molar-refractivity contribution is -0.151. The Labute approximate surface area is 146 Å². The second-order valence-corrected chi connectivity index (χ2v) is 8.69. The minimum absolute atomic E-state index is 0.0444. The third-order valence-electron chi connectivity index (χ3n) is 4.45. The van der Waals surface area contributed by atoms with Crippen LogP contribution in [0.4, 0.5) is 0 Å². The summed E-state index contributed by atoms with van der Waals surface area (Å²) in [4.78, 5) is 11.7. The summed E-state index contributed by atoms with van der Waals surface area (Å²) in [7, 11) is -3.95. The number of benzene rings is 1. The summed E-state index contributed by atoms with van der Waals surface area (Å²) in [6.45, 7) is 5.33. The van der Waals surface area contributed by atoms with Gasteiger partial charge in [0, 0.05) is 0 Å². The molecular weight excluding hydrogens is 348 g/mol. The number of primary amides is 1. The average Bonchev–Trinajstić information content (AvgIpc) is 3.19. The first-order chi connectivity index (χ1) is 11.5. The maximum atomic E-state index is 12.8. The Bertz CT molecular complexity index is 776. The van der Waals surface area contributed by atoms with Gasteiger partial charge in [0.1, 0.15) is 18.2 Å². The maximum Gasteiger partial charge on any atom is 0.244 e. The van der Waals surface area contributed by atoms with Gasteiger partial charge in [-0.25, -0.2) is 8.42 Å². The molecule has 3 N–H and O–H groups in total. The van der Waals surface area contributed by atoms with Crippen LogP contribution in [0.2, 0.25) is 0 Å². The summed E-state index contributed by atoms with van der Waals surface area (Å²) in [6.07, 6.45) is -1.96. The Kier molecular flexibility index (Phi) is 4.41. The van der Waals surface area contributed by atoms with Gasteiger partial charge in [-0.2, -0.15) is 4.31 Å². The first-order valence-corrected chi connectivity index (χ1v) is 9.38. The van der Waals surface area contributed by atoms with Gasteiger partial charge in [0.05, 0.1) is 17.5 Å². The summed E-state index contributed by atoms with van der Waals surface area (Å²) in [5.74, 6) is -1.68. The number of aryl methyl sites for hydroxylation is 1. The number of aliphatic hydroxyl groups excluding tert-OH is 1. The van der Waals surface area contributed by atoms with Crippen molar-refractivity contribution in [2.75, 3.05) is 6.61 Å². The van der Waals surface area contributed by atoms with Crippen LogP contribution in [0.3, 0.4) is 0 Å². The molecule has 0 saturated carbocycles. The Balaban J connectivity index is 1.85. The molecule has 138 valence electrons. The minimum atomic E-state index is -3.95. The van der Waals surface area contributed by atoms with Crippen LogP contribution < -0.4 is 5.73 Å². The van der Waals surface area contributed by atoms with Gasteiger partial charge in [-0.05, 0) is 32.9 Å². The smallest absolute Gasteiger partial charge is 0.244 e. The number of aliphatic hydroxyl groups is 1. The van der Waals surface area contributed by atoms with E-state index in [0.29, 0.717) is 0 Å². The van der Waals surface area contributed by atoms with Crippen molar-refractivity contribution >= 4 is 15.9 Å². The second-order valence-electron chi connectivity index (χ2n) is 6.84. The molecule has 2 heterocycles. The molecule has 8 nitrogen and oxygen atoms in total. The molecule has 0 radical (unpaired) electrons. The summed E-state index contributed by atoms with van der Waals surface area (Å²) >= 11 is 0. The fourth-order valence-electron chi connectivity index (χ4n) is 3.10. The molecule has 1 amide bonds. The van der Waals surface area contributed by atoms with E-state index in [0.717, 1.165) is 9.87 Å². The molecule has 0 bridgehead atoms. The molecule has 9 heteroatoms. The number of ether oxygens (including phenoxy) is 2. The number of rotatable bonds is 5. The number of nitrogens with two attached hydrogens (primary N) is 1. The molecule has 5 atom stereocenters.